The third-order valence-corrected chi connectivity index (χ3v) is 6.03. The van der Waals surface area contributed by atoms with Crippen LogP contribution in [-0.2, 0) is 14.4 Å². The SMILES string of the molecule is CC(C)(C)C1CC(C(=O)Nc2ccc(NC3CCC(=O)NC3=O)cc2F)CCN1C(=O)O. The number of piperidine rings is 2. The van der Waals surface area contributed by atoms with Gasteiger partial charge in [0.15, 0.2) is 0 Å². The van der Waals surface area contributed by atoms with Gasteiger partial charge in [0.1, 0.15) is 11.9 Å². The lowest BCUT2D eigenvalue weighted by Gasteiger charge is -2.44. The van der Waals surface area contributed by atoms with Crippen LogP contribution in [-0.4, -0.2) is 52.4 Å². The van der Waals surface area contributed by atoms with Crippen molar-refractivity contribution in [2.75, 3.05) is 17.2 Å². The standard InChI is InChI=1S/C22H29FN4O5/c1-22(2,3)17-10-12(8-9-27(17)21(31)32)19(29)25-15-5-4-13(11-14(15)23)24-16-6-7-18(28)26-20(16)30/h4-5,11-12,16-17,24H,6-10H2,1-3H3,(H,25,29)(H,31,32)(H,26,28,30). The molecule has 9 nitrogen and oxygen atoms in total. The summed E-state index contributed by atoms with van der Waals surface area (Å²) in [6, 6.07) is 3.18. The van der Waals surface area contributed by atoms with Crippen LogP contribution in [0.2, 0.25) is 0 Å². The Kier molecular flexibility index (Phi) is 6.71. The third kappa shape index (κ3) is 5.35. The molecule has 10 heteroatoms. The Morgan fingerprint density at radius 3 is 2.53 bits per heavy atom. The molecule has 0 spiro atoms. The first-order chi connectivity index (χ1) is 15.0. The number of likely N-dealkylation sites (tertiary alicyclic amines) is 1. The van der Waals surface area contributed by atoms with E-state index in [1.54, 1.807) is 6.07 Å². The fourth-order valence-corrected chi connectivity index (χ4v) is 4.23. The lowest BCUT2D eigenvalue weighted by Crippen LogP contribution is -2.53. The molecule has 0 bridgehead atoms. The molecule has 4 amide bonds. The van der Waals surface area contributed by atoms with E-state index < -0.39 is 29.8 Å². The number of hydrogen-bond acceptors (Lipinski definition) is 5. The lowest BCUT2D eigenvalue weighted by molar-refractivity contribution is -0.133. The average Bonchev–Trinajstić information content (AvgIpc) is 2.71. The van der Waals surface area contributed by atoms with Gasteiger partial charge in [0.05, 0.1) is 5.69 Å². The first-order valence-electron chi connectivity index (χ1n) is 10.7. The zero-order chi connectivity index (χ0) is 23.6. The second-order valence-corrected chi connectivity index (χ2v) is 9.41. The molecular formula is C22H29FN4O5. The zero-order valence-corrected chi connectivity index (χ0v) is 18.4. The van der Waals surface area contributed by atoms with E-state index in [1.165, 1.54) is 17.0 Å². The largest absolute Gasteiger partial charge is 0.465 e. The summed E-state index contributed by atoms with van der Waals surface area (Å²) in [4.78, 5) is 48.8. The van der Waals surface area contributed by atoms with Crippen LogP contribution in [0.4, 0.5) is 20.6 Å². The van der Waals surface area contributed by atoms with Crippen LogP contribution in [0.3, 0.4) is 0 Å². The van der Waals surface area contributed by atoms with Crippen LogP contribution in [0.5, 0.6) is 0 Å². The molecule has 0 aromatic heterocycles. The van der Waals surface area contributed by atoms with E-state index in [9.17, 15) is 28.7 Å². The van der Waals surface area contributed by atoms with E-state index in [-0.39, 0.29) is 41.9 Å². The van der Waals surface area contributed by atoms with E-state index in [0.717, 1.165) is 0 Å². The van der Waals surface area contributed by atoms with Gasteiger partial charge in [0.2, 0.25) is 17.7 Å². The molecule has 1 aromatic rings. The third-order valence-electron chi connectivity index (χ3n) is 6.03. The van der Waals surface area contributed by atoms with Crippen molar-refractivity contribution in [1.29, 1.82) is 0 Å². The molecule has 32 heavy (non-hydrogen) atoms. The summed E-state index contributed by atoms with van der Waals surface area (Å²) in [6.45, 7) is 6.04. The van der Waals surface area contributed by atoms with E-state index in [1.807, 2.05) is 20.8 Å². The number of imide groups is 1. The molecule has 0 radical (unpaired) electrons. The normalized spacial score (nSPS) is 24.0. The smallest absolute Gasteiger partial charge is 0.407 e. The summed E-state index contributed by atoms with van der Waals surface area (Å²) >= 11 is 0. The molecule has 2 saturated heterocycles. The fraction of sp³-hybridized carbons (Fsp3) is 0.545. The highest BCUT2D eigenvalue weighted by molar-refractivity contribution is 6.01. The highest BCUT2D eigenvalue weighted by Crippen LogP contribution is 2.35. The Hall–Kier alpha value is -3.17. The molecule has 4 N–H and O–H groups in total. The number of anilines is 2. The Morgan fingerprint density at radius 1 is 1.22 bits per heavy atom. The highest BCUT2D eigenvalue weighted by Gasteiger charge is 2.40. The number of benzene rings is 1. The number of nitrogens with zero attached hydrogens (tertiary/aromatic N) is 1. The molecule has 3 atom stereocenters. The maximum absolute atomic E-state index is 14.6. The first-order valence-corrected chi connectivity index (χ1v) is 10.7. The van der Waals surface area contributed by atoms with Crippen molar-refractivity contribution >= 4 is 35.2 Å². The van der Waals surface area contributed by atoms with Gasteiger partial charge in [-0.25, -0.2) is 9.18 Å². The van der Waals surface area contributed by atoms with Crippen LogP contribution in [0.25, 0.3) is 0 Å². The molecule has 2 aliphatic rings. The van der Waals surface area contributed by atoms with E-state index in [4.69, 9.17) is 0 Å². The lowest BCUT2D eigenvalue weighted by atomic mass is 9.77. The molecule has 174 valence electrons. The second-order valence-electron chi connectivity index (χ2n) is 9.41. The maximum atomic E-state index is 14.6. The molecular weight excluding hydrogens is 419 g/mol. The van der Waals surface area contributed by atoms with Crippen LogP contribution in [0, 0.1) is 17.2 Å². The van der Waals surface area contributed by atoms with Crippen molar-refractivity contribution in [3.8, 4) is 0 Å². The first kappa shape index (κ1) is 23.5. The fourth-order valence-electron chi connectivity index (χ4n) is 4.23. The van der Waals surface area contributed by atoms with Gasteiger partial charge < -0.3 is 20.6 Å². The maximum Gasteiger partial charge on any atom is 0.407 e. The Balaban J connectivity index is 1.64. The van der Waals surface area contributed by atoms with Crippen molar-refractivity contribution in [2.24, 2.45) is 11.3 Å². The van der Waals surface area contributed by atoms with Gasteiger partial charge in [-0.2, -0.15) is 0 Å². The average molecular weight is 448 g/mol. The number of rotatable bonds is 4. The van der Waals surface area contributed by atoms with Crippen LogP contribution >= 0.6 is 0 Å². The van der Waals surface area contributed by atoms with E-state index in [2.05, 4.69) is 16.0 Å². The van der Waals surface area contributed by atoms with Gasteiger partial charge in [0.25, 0.3) is 0 Å². The predicted octanol–water partition coefficient (Wildman–Crippen LogP) is 2.79. The number of carbonyl (C=O) groups is 4. The molecule has 3 unspecified atom stereocenters. The number of halogens is 1. The summed E-state index contributed by atoms with van der Waals surface area (Å²) in [5, 5.41) is 17.2. The summed E-state index contributed by atoms with van der Waals surface area (Å²) in [7, 11) is 0. The minimum atomic E-state index is -1.01. The summed E-state index contributed by atoms with van der Waals surface area (Å²) in [6.07, 6.45) is 0.235. The molecule has 0 aliphatic carbocycles. The summed E-state index contributed by atoms with van der Waals surface area (Å²) in [5.41, 5.74) is 0.0284. The molecule has 0 saturated carbocycles. The Morgan fingerprint density at radius 2 is 1.94 bits per heavy atom. The van der Waals surface area contributed by atoms with E-state index in [0.29, 0.717) is 24.9 Å². The van der Waals surface area contributed by atoms with Crippen molar-refractivity contribution in [1.82, 2.24) is 10.2 Å². The Labute approximate surface area is 185 Å². The van der Waals surface area contributed by atoms with Gasteiger partial charge in [0, 0.05) is 30.6 Å². The second kappa shape index (κ2) is 9.13. The number of carbonyl (C=O) groups excluding carboxylic acids is 3. The zero-order valence-electron chi connectivity index (χ0n) is 18.4. The van der Waals surface area contributed by atoms with Crippen LogP contribution < -0.4 is 16.0 Å². The minimum absolute atomic E-state index is 0.0109. The number of carboxylic acid groups (broad SMARTS) is 1. The predicted molar refractivity (Wildman–Crippen MR) is 116 cm³/mol. The Bertz CT molecular complexity index is 929. The molecule has 1 aromatic carbocycles. The molecule has 3 rings (SSSR count). The molecule has 2 heterocycles. The van der Waals surface area contributed by atoms with Crippen molar-refractivity contribution < 1.29 is 28.7 Å². The van der Waals surface area contributed by atoms with Crippen molar-refractivity contribution in [3.05, 3.63) is 24.0 Å². The quantitative estimate of drug-likeness (QED) is 0.525. The van der Waals surface area contributed by atoms with Crippen LogP contribution in [0.1, 0.15) is 46.5 Å². The highest BCUT2D eigenvalue weighted by atomic mass is 19.1. The minimum Gasteiger partial charge on any atom is -0.465 e. The van der Waals surface area contributed by atoms with Gasteiger partial charge in [-0.1, -0.05) is 20.8 Å². The van der Waals surface area contributed by atoms with Crippen molar-refractivity contribution in [2.45, 2.75) is 58.5 Å². The summed E-state index contributed by atoms with van der Waals surface area (Å²) < 4.78 is 14.6. The summed E-state index contributed by atoms with van der Waals surface area (Å²) in [5.74, 6) is -2.24. The monoisotopic (exact) mass is 448 g/mol. The number of amides is 4. The topological polar surface area (TPSA) is 128 Å². The van der Waals surface area contributed by atoms with E-state index >= 15 is 0 Å². The van der Waals surface area contributed by atoms with Gasteiger partial charge >= 0.3 is 6.09 Å². The number of nitrogens with one attached hydrogen (secondary N) is 3. The van der Waals surface area contributed by atoms with Gasteiger partial charge in [-0.15, -0.1) is 0 Å². The van der Waals surface area contributed by atoms with Gasteiger partial charge in [-0.05, 0) is 42.9 Å². The van der Waals surface area contributed by atoms with Gasteiger partial charge in [-0.3, -0.25) is 19.7 Å². The molecule has 2 fully saturated rings. The van der Waals surface area contributed by atoms with Crippen molar-refractivity contribution in [3.63, 3.8) is 0 Å². The molecule has 2 aliphatic heterocycles. The number of hydrogen-bond donors (Lipinski definition) is 4. The van der Waals surface area contributed by atoms with Crippen LogP contribution in [0.15, 0.2) is 18.2 Å².